The fraction of sp³-hybridized carbons (Fsp3) is 0.222. The highest BCUT2D eigenvalue weighted by Crippen LogP contribution is 2.22. The molecule has 25 heavy (non-hydrogen) atoms. The molecule has 1 aromatic carbocycles. The number of hydrogen-bond donors (Lipinski definition) is 2. The summed E-state index contributed by atoms with van der Waals surface area (Å²) in [6, 6.07) is 11.3. The number of nitrogens with zero attached hydrogens (tertiary/aromatic N) is 3. The first kappa shape index (κ1) is 16.6. The lowest BCUT2D eigenvalue weighted by Crippen LogP contribution is -2.28. The second-order valence-corrected chi connectivity index (χ2v) is 5.61. The van der Waals surface area contributed by atoms with E-state index in [-0.39, 0.29) is 11.9 Å². The second-order valence-electron chi connectivity index (χ2n) is 5.61. The van der Waals surface area contributed by atoms with Crippen molar-refractivity contribution in [2.45, 2.75) is 19.4 Å². The van der Waals surface area contributed by atoms with Gasteiger partial charge in [0.25, 0.3) is 0 Å². The number of amides is 1. The molecule has 2 heterocycles. The smallest absolute Gasteiger partial charge is 0.249 e. The molecule has 0 saturated heterocycles. The van der Waals surface area contributed by atoms with E-state index in [2.05, 4.69) is 25.8 Å². The molecule has 0 bridgehead atoms. The van der Waals surface area contributed by atoms with Crippen molar-refractivity contribution >= 4 is 11.6 Å². The number of pyridine rings is 1. The van der Waals surface area contributed by atoms with E-state index in [1.165, 1.54) is 6.92 Å². The van der Waals surface area contributed by atoms with Gasteiger partial charge < -0.3 is 15.2 Å². The molecule has 0 aliphatic heterocycles. The van der Waals surface area contributed by atoms with Crippen molar-refractivity contribution in [2.24, 2.45) is 0 Å². The molecule has 2 N–H and O–H groups in total. The Hall–Kier alpha value is -3.22. The van der Waals surface area contributed by atoms with Crippen LogP contribution in [0.2, 0.25) is 0 Å². The summed E-state index contributed by atoms with van der Waals surface area (Å²) in [5.74, 6) is 0.645. The highest BCUT2D eigenvalue weighted by Gasteiger charge is 2.21. The number of rotatable bonds is 6. The summed E-state index contributed by atoms with van der Waals surface area (Å²) in [4.78, 5) is 20.2. The first-order valence-corrected chi connectivity index (χ1v) is 7.93. The van der Waals surface area contributed by atoms with Crippen LogP contribution in [0.25, 0.3) is 11.4 Å². The van der Waals surface area contributed by atoms with Gasteiger partial charge in [-0.25, -0.2) is 0 Å². The third-order valence-corrected chi connectivity index (χ3v) is 3.69. The van der Waals surface area contributed by atoms with Crippen LogP contribution >= 0.6 is 0 Å². The minimum atomic E-state index is -0.387. The molecule has 0 fully saturated rings. The van der Waals surface area contributed by atoms with Gasteiger partial charge in [0.15, 0.2) is 0 Å². The molecule has 7 nitrogen and oxygen atoms in total. The Bertz CT molecular complexity index is 847. The molecule has 0 aliphatic rings. The summed E-state index contributed by atoms with van der Waals surface area (Å²) in [7, 11) is 1.81. The molecule has 128 valence electrons. The van der Waals surface area contributed by atoms with Crippen LogP contribution in [-0.2, 0) is 11.2 Å². The molecule has 1 amide bonds. The predicted octanol–water partition coefficient (Wildman–Crippen LogP) is 2.59. The van der Waals surface area contributed by atoms with Crippen LogP contribution in [0.5, 0.6) is 0 Å². The molecule has 1 atom stereocenters. The number of benzene rings is 1. The van der Waals surface area contributed by atoms with Crippen molar-refractivity contribution < 1.29 is 9.32 Å². The molecule has 7 heteroatoms. The van der Waals surface area contributed by atoms with Gasteiger partial charge >= 0.3 is 0 Å². The van der Waals surface area contributed by atoms with Crippen molar-refractivity contribution in [1.29, 1.82) is 0 Å². The molecular weight excluding hydrogens is 318 g/mol. The largest absolute Gasteiger partial charge is 0.387 e. The number of aromatic nitrogens is 3. The standard InChI is InChI=1S/C18H19N5O2/c1-12(24)21-16(8-13-6-4-3-5-7-13)18-22-17(23-25-18)14-9-15(19-2)11-20-10-14/h3-7,9-11,16,19H,8H2,1-2H3,(H,21,24)/t16-/m0/s1. The van der Waals surface area contributed by atoms with Gasteiger partial charge in [0.05, 0.1) is 5.69 Å². The minimum Gasteiger partial charge on any atom is -0.387 e. The fourth-order valence-corrected chi connectivity index (χ4v) is 2.49. The monoisotopic (exact) mass is 337 g/mol. The Balaban J connectivity index is 1.86. The first-order chi connectivity index (χ1) is 12.2. The van der Waals surface area contributed by atoms with Crippen molar-refractivity contribution in [1.82, 2.24) is 20.4 Å². The number of nitrogens with one attached hydrogen (secondary N) is 2. The van der Waals surface area contributed by atoms with E-state index in [9.17, 15) is 4.79 Å². The van der Waals surface area contributed by atoms with Crippen LogP contribution in [0.15, 0.2) is 53.3 Å². The lowest BCUT2D eigenvalue weighted by Gasteiger charge is -2.13. The quantitative estimate of drug-likeness (QED) is 0.718. The molecule has 0 saturated carbocycles. The van der Waals surface area contributed by atoms with Gasteiger partial charge in [-0.05, 0) is 11.6 Å². The average Bonchev–Trinajstić information content (AvgIpc) is 3.12. The second kappa shape index (κ2) is 7.57. The van der Waals surface area contributed by atoms with E-state index < -0.39 is 0 Å². The van der Waals surface area contributed by atoms with Gasteiger partial charge in [0, 0.05) is 38.3 Å². The van der Waals surface area contributed by atoms with E-state index in [0.29, 0.717) is 18.1 Å². The average molecular weight is 337 g/mol. The van der Waals surface area contributed by atoms with Gasteiger partial charge in [0.1, 0.15) is 6.04 Å². The third kappa shape index (κ3) is 4.20. The maximum atomic E-state index is 11.6. The van der Waals surface area contributed by atoms with Gasteiger partial charge in [0.2, 0.25) is 17.6 Å². The van der Waals surface area contributed by atoms with Gasteiger partial charge in [-0.15, -0.1) is 0 Å². The summed E-state index contributed by atoms with van der Waals surface area (Å²) < 4.78 is 5.40. The van der Waals surface area contributed by atoms with Gasteiger partial charge in [-0.3, -0.25) is 9.78 Å². The molecule has 0 unspecified atom stereocenters. The maximum absolute atomic E-state index is 11.6. The van der Waals surface area contributed by atoms with Gasteiger partial charge in [-0.1, -0.05) is 35.5 Å². The number of carbonyl (C=O) groups excluding carboxylic acids is 1. The van der Waals surface area contributed by atoms with Crippen molar-refractivity contribution in [3.63, 3.8) is 0 Å². The molecule has 3 rings (SSSR count). The zero-order chi connectivity index (χ0) is 17.6. The minimum absolute atomic E-state index is 0.153. The molecule has 0 radical (unpaired) electrons. The molecule has 2 aromatic heterocycles. The highest BCUT2D eigenvalue weighted by molar-refractivity contribution is 5.73. The normalized spacial score (nSPS) is 11.8. The molecular formula is C18H19N5O2. The van der Waals surface area contributed by atoms with Crippen LogP contribution in [0.1, 0.15) is 24.4 Å². The van der Waals surface area contributed by atoms with Crippen LogP contribution in [0.3, 0.4) is 0 Å². The van der Waals surface area contributed by atoms with Crippen LogP contribution < -0.4 is 10.6 Å². The summed E-state index contributed by atoms with van der Waals surface area (Å²) >= 11 is 0. The topological polar surface area (TPSA) is 92.9 Å². The maximum Gasteiger partial charge on any atom is 0.249 e. The summed E-state index contributed by atoms with van der Waals surface area (Å²) in [6.07, 6.45) is 3.94. The zero-order valence-electron chi connectivity index (χ0n) is 14.1. The number of hydrogen-bond acceptors (Lipinski definition) is 6. The van der Waals surface area contributed by atoms with E-state index in [0.717, 1.165) is 16.8 Å². The first-order valence-electron chi connectivity index (χ1n) is 7.93. The van der Waals surface area contributed by atoms with Crippen LogP contribution in [-0.4, -0.2) is 28.1 Å². The van der Waals surface area contributed by atoms with Crippen molar-refractivity contribution in [3.8, 4) is 11.4 Å². The zero-order valence-corrected chi connectivity index (χ0v) is 14.1. The Morgan fingerprint density at radius 3 is 2.76 bits per heavy atom. The Morgan fingerprint density at radius 1 is 1.24 bits per heavy atom. The summed E-state index contributed by atoms with van der Waals surface area (Å²) in [6.45, 7) is 1.47. The third-order valence-electron chi connectivity index (χ3n) is 3.69. The Kier molecular flexibility index (Phi) is 5.03. The van der Waals surface area contributed by atoms with Crippen LogP contribution in [0.4, 0.5) is 5.69 Å². The number of carbonyl (C=O) groups is 1. The molecule has 0 aliphatic carbocycles. The van der Waals surface area contributed by atoms with E-state index in [1.807, 2.05) is 43.4 Å². The molecule has 3 aromatic rings. The van der Waals surface area contributed by atoms with Crippen molar-refractivity contribution in [2.75, 3.05) is 12.4 Å². The van der Waals surface area contributed by atoms with E-state index >= 15 is 0 Å². The number of anilines is 1. The predicted molar refractivity (Wildman–Crippen MR) is 93.8 cm³/mol. The lowest BCUT2D eigenvalue weighted by atomic mass is 10.1. The van der Waals surface area contributed by atoms with Gasteiger partial charge in [-0.2, -0.15) is 4.98 Å². The van der Waals surface area contributed by atoms with E-state index in [4.69, 9.17) is 4.52 Å². The van der Waals surface area contributed by atoms with Crippen molar-refractivity contribution in [3.05, 3.63) is 60.2 Å². The Morgan fingerprint density at radius 2 is 2.04 bits per heavy atom. The molecule has 0 spiro atoms. The Labute approximate surface area is 145 Å². The summed E-state index contributed by atoms with van der Waals surface area (Å²) in [5.41, 5.74) is 2.66. The fourth-order valence-electron chi connectivity index (χ4n) is 2.49. The van der Waals surface area contributed by atoms with E-state index in [1.54, 1.807) is 12.4 Å². The van der Waals surface area contributed by atoms with Crippen LogP contribution in [0, 0.1) is 0 Å². The highest BCUT2D eigenvalue weighted by atomic mass is 16.5. The SMILES string of the molecule is CNc1cncc(-c2noc([C@H](Cc3ccccc3)NC(C)=O)n2)c1. The lowest BCUT2D eigenvalue weighted by molar-refractivity contribution is -0.119. The summed E-state index contributed by atoms with van der Waals surface area (Å²) in [5, 5.41) is 9.92.